The Morgan fingerprint density at radius 1 is 1.14 bits per heavy atom. The van der Waals surface area contributed by atoms with Crippen LogP contribution in [-0.4, -0.2) is 26.6 Å². The van der Waals surface area contributed by atoms with E-state index in [9.17, 15) is 18.0 Å². The van der Waals surface area contributed by atoms with Crippen LogP contribution >= 0.6 is 0 Å². The molecule has 1 N–H and O–H groups in total. The molecule has 0 saturated heterocycles. The van der Waals surface area contributed by atoms with Gasteiger partial charge in [0.05, 0.1) is 5.69 Å². The molecule has 0 bridgehead atoms. The first kappa shape index (κ1) is 18.1. The zero-order chi connectivity index (χ0) is 19.9. The van der Waals surface area contributed by atoms with Gasteiger partial charge in [-0.1, -0.05) is 25.1 Å². The van der Waals surface area contributed by atoms with E-state index in [-0.39, 0.29) is 12.3 Å². The molecule has 4 aromatic rings. The van der Waals surface area contributed by atoms with Crippen LogP contribution < -0.4 is 4.90 Å². The van der Waals surface area contributed by atoms with Crippen molar-refractivity contribution in [3.8, 4) is 0 Å². The normalized spacial score (nSPS) is 12.0. The van der Waals surface area contributed by atoms with Crippen LogP contribution in [0.25, 0.3) is 21.8 Å². The number of alkyl halides is 3. The number of hydrogen-bond donors (Lipinski definition) is 1. The fraction of sp³-hybridized carbons (Fsp3) is 0.200. The number of carbonyl (C=O) groups is 1. The Kier molecular flexibility index (Phi) is 4.33. The maximum atomic E-state index is 13.1. The lowest BCUT2D eigenvalue weighted by Gasteiger charge is -2.20. The van der Waals surface area contributed by atoms with Crippen molar-refractivity contribution < 1.29 is 18.0 Å². The third kappa shape index (κ3) is 3.11. The van der Waals surface area contributed by atoms with E-state index in [1.165, 1.54) is 9.47 Å². The smallest absolute Gasteiger partial charge is 0.331 e. The molecular formula is C20H17F3N4O. The fourth-order valence-corrected chi connectivity index (χ4v) is 3.45. The summed E-state index contributed by atoms with van der Waals surface area (Å²) in [7, 11) is 0. The van der Waals surface area contributed by atoms with Crippen molar-refractivity contribution in [2.75, 3.05) is 4.90 Å². The van der Waals surface area contributed by atoms with E-state index in [0.717, 1.165) is 0 Å². The molecule has 144 valence electrons. The highest BCUT2D eigenvalue weighted by atomic mass is 19.4. The number of H-pyrrole nitrogens is 1. The van der Waals surface area contributed by atoms with Gasteiger partial charge >= 0.3 is 6.18 Å². The number of rotatable bonds is 4. The van der Waals surface area contributed by atoms with Gasteiger partial charge in [0.15, 0.2) is 0 Å². The first-order chi connectivity index (χ1) is 13.4. The largest absolute Gasteiger partial charge is 0.406 e. The summed E-state index contributed by atoms with van der Waals surface area (Å²) in [6, 6.07) is 12.0. The predicted octanol–water partition coefficient (Wildman–Crippen LogP) is 5.15. The number of amides is 1. The number of benzene rings is 2. The molecule has 0 saturated carbocycles. The molecule has 0 radical (unpaired) electrons. The van der Waals surface area contributed by atoms with Crippen LogP contribution in [0.5, 0.6) is 0 Å². The van der Waals surface area contributed by atoms with E-state index in [1.54, 1.807) is 61.8 Å². The first-order valence-electron chi connectivity index (χ1n) is 8.79. The summed E-state index contributed by atoms with van der Waals surface area (Å²) in [5.41, 5.74) is 1.51. The number of anilines is 2. The number of nitrogens with zero attached hydrogens (tertiary/aromatic N) is 3. The molecule has 5 nitrogen and oxygen atoms in total. The number of aromatic nitrogens is 3. The van der Waals surface area contributed by atoms with Crippen LogP contribution in [0, 0.1) is 0 Å². The molecule has 0 aliphatic rings. The Balaban J connectivity index is 1.94. The second-order valence-electron chi connectivity index (χ2n) is 6.42. The van der Waals surface area contributed by atoms with E-state index >= 15 is 0 Å². The average molecular weight is 386 g/mol. The minimum Gasteiger partial charge on any atom is -0.331 e. The van der Waals surface area contributed by atoms with E-state index in [2.05, 4.69) is 9.97 Å². The number of para-hydroxylation sites is 1. The van der Waals surface area contributed by atoms with Gasteiger partial charge in [-0.25, -0.2) is 4.98 Å². The number of fused-ring (bicyclic) bond motifs is 3. The van der Waals surface area contributed by atoms with Crippen LogP contribution in [-0.2, 0) is 11.3 Å². The molecule has 0 aliphatic heterocycles. The summed E-state index contributed by atoms with van der Waals surface area (Å²) in [6.45, 7) is 0.665. The Bertz CT molecular complexity index is 1150. The lowest BCUT2D eigenvalue weighted by molar-refractivity contribution is -0.139. The van der Waals surface area contributed by atoms with Gasteiger partial charge in [0.25, 0.3) is 0 Å². The van der Waals surface area contributed by atoms with E-state index in [4.69, 9.17) is 0 Å². The van der Waals surface area contributed by atoms with E-state index in [0.29, 0.717) is 33.4 Å². The highest BCUT2D eigenvalue weighted by Gasteiger charge is 2.30. The molecule has 0 fully saturated rings. The van der Waals surface area contributed by atoms with Crippen LogP contribution in [0.2, 0.25) is 0 Å². The third-order valence-electron chi connectivity index (χ3n) is 4.60. The molecule has 28 heavy (non-hydrogen) atoms. The Hall–Kier alpha value is -3.29. The highest BCUT2D eigenvalue weighted by molar-refractivity contribution is 6.10. The van der Waals surface area contributed by atoms with Crippen LogP contribution in [0.15, 0.2) is 54.9 Å². The van der Waals surface area contributed by atoms with Crippen LogP contribution in [0.4, 0.5) is 24.8 Å². The molecule has 2 aromatic heterocycles. The number of nitrogens with one attached hydrogen (secondary N) is 1. The number of aromatic amines is 1. The van der Waals surface area contributed by atoms with Crippen LogP contribution in [0.3, 0.4) is 0 Å². The number of imidazole rings is 1. The van der Waals surface area contributed by atoms with Crippen molar-refractivity contribution >= 4 is 39.3 Å². The van der Waals surface area contributed by atoms with Gasteiger partial charge in [-0.05, 0) is 24.3 Å². The van der Waals surface area contributed by atoms with Gasteiger partial charge in [0.1, 0.15) is 6.54 Å². The maximum absolute atomic E-state index is 13.1. The van der Waals surface area contributed by atoms with Gasteiger partial charge in [-0.15, -0.1) is 0 Å². The zero-order valence-corrected chi connectivity index (χ0v) is 15.0. The Morgan fingerprint density at radius 2 is 1.89 bits per heavy atom. The lowest BCUT2D eigenvalue weighted by atomic mass is 10.1. The lowest BCUT2D eigenvalue weighted by Crippen LogP contribution is -2.25. The second-order valence-corrected chi connectivity index (χ2v) is 6.42. The molecular weight excluding hydrogens is 369 g/mol. The average Bonchev–Trinajstić information content (AvgIpc) is 3.29. The van der Waals surface area contributed by atoms with Gasteiger partial charge in [-0.3, -0.25) is 9.69 Å². The first-order valence-corrected chi connectivity index (χ1v) is 8.79. The Labute approximate surface area is 158 Å². The number of hydrogen-bond acceptors (Lipinski definition) is 2. The second kappa shape index (κ2) is 6.70. The van der Waals surface area contributed by atoms with E-state index < -0.39 is 12.7 Å². The Morgan fingerprint density at radius 3 is 2.57 bits per heavy atom. The van der Waals surface area contributed by atoms with Crippen molar-refractivity contribution in [3.05, 3.63) is 54.9 Å². The zero-order valence-electron chi connectivity index (χ0n) is 15.0. The highest BCUT2D eigenvalue weighted by Crippen LogP contribution is 2.35. The predicted molar refractivity (Wildman–Crippen MR) is 102 cm³/mol. The SMILES string of the molecule is CCC(=O)N(c1ccc2c(c1)c1ccccc1n2CC(F)(F)F)c1ncc[nH]1. The summed E-state index contributed by atoms with van der Waals surface area (Å²) in [4.78, 5) is 21.0. The molecule has 0 aliphatic carbocycles. The fourth-order valence-electron chi connectivity index (χ4n) is 3.45. The number of halogens is 3. The van der Waals surface area contributed by atoms with Gasteiger partial charge in [0, 0.05) is 40.6 Å². The quantitative estimate of drug-likeness (QED) is 0.527. The monoisotopic (exact) mass is 386 g/mol. The molecule has 0 atom stereocenters. The molecule has 4 rings (SSSR count). The summed E-state index contributed by atoms with van der Waals surface area (Å²) in [6.07, 6.45) is -0.932. The minimum absolute atomic E-state index is 0.173. The summed E-state index contributed by atoms with van der Waals surface area (Å²) < 4.78 is 40.7. The van der Waals surface area contributed by atoms with Crippen molar-refractivity contribution in [1.82, 2.24) is 14.5 Å². The van der Waals surface area contributed by atoms with Crippen LogP contribution in [0.1, 0.15) is 13.3 Å². The van der Waals surface area contributed by atoms with Crippen molar-refractivity contribution in [3.63, 3.8) is 0 Å². The minimum atomic E-state index is -4.34. The topological polar surface area (TPSA) is 53.9 Å². The molecule has 2 aromatic carbocycles. The molecule has 8 heteroatoms. The molecule has 0 spiro atoms. The maximum Gasteiger partial charge on any atom is 0.406 e. The van der Waals surface area contributed by atoms with Crippen molar-refractivity contribution in [1.29, 1.82) is 0 Å². The molecule has 0 unspecified atom stereocenters. The summed E-state index contributed by atoms with van der Waals surface area (Å²) in [5, 5.41) is 1.35. The van der Waals surface area contributed by atoms with Crippen molar-refractivity contribution in [2.45, 2.75) is 26.1 Å². The molecule has 1 amide bonds. The van der Waals surface area contributed by atoms with Crippen molar-refractivity contribution in [2.24, 2.45) is 0 Å². The van der Waals surface area contributed by atoms with Gasteiger partial charge < -0.3 is 9.55 Å². The summed E-state index contributed by atoms with van der Waals surface area (Å²) >= 11 is 0. The summed E-state index contributed by atoms with van der Waals surface area (Å²) in [5.74, 6) is 0.193. The van der Waals surface area contributed by atoms with Gasteiger partial charge in [0.2, 0.25) is 11.9 Å². The number of carbonyl (C=O) groups excluding carboxylic acids is 1. The standard InChI is InChI=1S/C20H17F3N4O/c1-2-18(28)27(19-24-9-10-25-19)13-7-8-17-15(11-13)14-5-3-4-6-16(14)26(17)12-20(21,22)23/h3-11H,2,12H2,1H3,(H,24,25). The van der Waals surface area contributed by atoms with Gasteiger partial charge in [-0.2, -0.15) is 13.2 Å². The third-order valence-corrected chi connectivity index (χ3v) is 4.60. The van der Waals surface area contributed by atoms with E-state index in [1.807, 2.05) is 0 Å². The molecule has 2 heterocycles.